The van der Waals surface area contributed by atoms with Crippen LogP contribution in [0, 0.1) is 17.8 Å². The van der Waals surface area contributed by atoms with Crippen LogP contribution in [0.2, 0.25) is 0 Å². The number of phosphoric acid groups is 2. The summed E-state index contributed by atoms with van der Waals surface area (Å²) in [6, 6.07) is 0. The molecule has 0 rings (SSSR count). The van der Waals surface area contributed by atoms with Crippen LogP contribution in [-0.2, 0) is 65.4 Å². The van der Waals surface area contributed by atoms with Gasteiger partial charge in [-0.05, 0) is 43.4 Å². The zero-order valence-electron chi connectivity index (χ0n) is 57.2. The number of carbonyl (C=O) groups is 4. The molecule has 0 saturated carbocycles. The van der Waals surface area contributed by atoms with E-state index in [9.17, 15) is 43.2 Å². The van der Waals surface area contributed by atoms with Crippen LogP contribution in [-0.4, -0.2) is 96.7 Å². The molecule has 0 aromatic heterocycles. The molecule has 2 unspecified atom stereocenters. The van der Waals surface area contributed by atoms with E-state index in [0.29, 0.717) is 25.7 Å². The Balaban J connectivity index is 5.26. The molecule has 0 aromatic rings. The van der Waals surface area contributed by atoms with Crippen molar-refractivity contribution in [2.24, 2.45) is 17.8 Å². The monoisotopic (exact) mass is 1300 g/mol. The van der Waals surface area contributed by atoms with Crippen molar-refractivity contribution < 1.29 is 80.2 Å². The van der Waals surface area contributed by atoms with Crippen LogP contribution in [0.1, 0.15) is 344 Å². The molecule has 17 nitrogen and oxygen atoms in total. The first-order chi connectivity index (χ1) is 42.2. The lowest BCUT2D eigenvalue weighted by molar-refractivity contribution is -0.161. The first-order valence-corrected chi connectivity index (χ1v) is 38.8. The summed E-state index contributed by atoms with van der Waals surface area (Å²) in [5.41, 5.74) is 0. The van der Waals surface area contributed by atoms with Crippen molar-refractivity contribution in [2.45, 2.75) is 362 Å². The van der Waals surface area contributed by atoms with Crippen molar-refractivity contribution in [2.75, 3.05) is 39.6 Å². The van der Waals surface area contributed by atoms with E-state index in [0.717, 1.165) is 108 Å². The van der Waals surface area contributed by atoms with Gasteiger partial charge in [-0.25, -0.2) is 9.13 Å². The maximum Gasteiger partial charge on any atom is 0.472 e. The average Bonchev–Trinajstić information content (AvgIpc) is 3.67. The highest BCUT2D eigenvalue weighted by Gasteiger charge is 2.30. The highest BCUT2D eigenvalue weighted by molar-refractivity contribution is 7.47. The maximum atomic E-state index is 13.0. The third-order valence-corrected chi connectivity index (χ3v) is 17.8. The zero-order chi connectivity index (χ0) is 65.2. The van der Waals surface area contributed by atoms with Gasteiger partial charge in [0.05, 0.1) is 26.4 Å². The Kier molecular flexibility index (Phi) is 58.7. The van der Waals surface area contributed by atoms with E-state index in [4.69, 9.17) is 37.0 Å². The van der Waals surface area contributed by atoms with Gasteiger partial charge in [-0.3, -0.25) is 37.3 Å². The van der Waals surface area contributed by atoms with Gasteiger partial charge < -0.3 is 33.8 Å². The lowest BCUT2D eigenvalue weighted by atomic mass is 10.0. The summed E-state index contributed by atoms with van der Waals surface area (Å²) in [6.45, 7) is 11.8. The van der Waals surface area contributed by atoms with Crippen LogP contribution >= 0.6 is 15.6 Å². The average molecular weight is 1300 g/mol. The number of aliphatic hydroxyl groups is 1. The van der Waals surface area contributed by atoms with Gasteiger partial charge in [0.15, 0.2) is 12.2 Å². The van der Waals surface area contributed by atoms with E-state index in [-0.39, 0.29) is 25.7 Å². The van der Waals surface area contributed by atoms with Gasteiger partial charge in [0, 0.05) is 25.7 Å². The third kappa shape index (κ3) is 62.8. The molecule has 0 bridgehead atoms. The number of carbonyl (C=O) groups excluding carboxylic acids is 4. The number of rotatable bonds is 67. The topological polar surface area (TPSA) is 237 Å². The SMILES string of the molecule is CCCCCCCCCCCCC(=O)OC[C@H](COP(=O)(O)OC[C@H](O)COP(=O)(O)OC[C@@H](COC(=O)CCCCCCCCCCCC(C)C)OC(=O)CCCCCCCCCCCCCC(C)C)OC(=O)CCCCCCCCCCCC(C)C. The molecule has 5 atom stereocenters. The Morgan fingerprint density at radius 3 is 0.773 bits per heavy atom. The smallest absolute Gasteiger partial charge is 0.462 e. The summed E-state index contributed by atoms with van der Waals surface area (Å²) in [6.07, 6.45) is 43.0. The normalized spacial score (nSPS) is 14.2. The second-order valence-electron chi connectivity index (χ2n) is 26.3. The van der Waals surface area contributed by atoms with Gasteiger partial charge >= 0.3 is 39.5 Å². The molecular formula is C69H134O17P2. The lowest BCUT2D eigenvalue weighted by Gasteiger charge is -2.21. The summed E-state index contributed by atoms with van der Waals surface area (Å²) < 4.78 is 68.2. The van der Waals surface area contributed by atoms with Gasteiger partial charge in [0.1, 0.15) is 19.3 Å². The molecule has 0 fully saturated rings. The minimum Gasteiger partial charge on any atom is -0.462 e. The Morgan fingerprint density at radius 2 is 0.523 bits per heavy atom. The molecule has 0 radical (unpaired) electrons. The van der Waals surface area contributed by atoms with Gasteiger partial charge in [-0.2, -0.15) is 0 Å². The summed E-state index contributed by atoms with van der Waals surface area (Å²) in [7, 11) is -9.90. The fourth-order valence-electron chi connectivity index (χ4n) is 10.4. The van der Waals surface area contributed by atoms with E-state index in [1.54, 1.807) is 0 Å². The molecule has 88 heavy (non-hydrogen) atoms. The van der Waals surface area contributed by atoms with Crippen LogP contribution < -0.4 is 0 Å². The quantitative estimate of drug-likeness (QED) is 0.0222. The molecule has 3 N–H and O–H groups in total. The number of hydrogen-bond acceptors (Lipinski definition) is 15. The summed E-state index contributed by atoms with van der Waals surface area (Å²) in [5, 5.41) is 10.6. The van der Waals surface area contributed by atoms with Gasteiger partial charge in [-0.15, -0.1) is 0 Å². The minimum absolute atomic E-state index is 0.105. The Morgan fingerprint density at radius 1 is 0.307 bits per heavy atom. The van der Waals surface area contributed by atoms with Crippen LogP contribution in [0.3, 0.4) is 0 Å². The van der Waals surface area contributed by atoms with Crippen molar-refractivity contribution in [3.63, 3.8) is 0 Å². The van der Waals surface area contributed by atoms with Gasteiger partial charge in [-0.1, -0.05) is 292 Å². The summed E-state index contributed by atoms with van der Waals surface area (Å²) in [4.78, 5) is 72.5. The van der Waals surface area contributed by atoms with E-state index in [2.05, 4.69) is 48.5 Å². The highest BCUT2D eigenvalue weighted by atomic mass is 31.2. The van der Waals surface area contributed by atoms with Crippen LogP contribution in [0.5, 0.6) is 0 Å². The van der Waals surface area contributed by atoms with Gasteiger partial charge in [0.25, 0.3) is 0 Å². The molecule has 0 heterocycles. The summed E-state index contributed by atoms with van der Waals surface area (Å²) in [5.74, 6) is 0.118. The predicted molar refractivity (Wildman–Crippen MR) is 354 cm³/mol. The van der Waals surface area contributed by atoms with E-state index < -0.39 is 97.5 Å². The van der Waals surface area contributed by atoms with Crippen molar-refractivity contribution in [1.82, 2.24) is 0 Å². The highest BCUT2D eigenvalue weighted by Crippen LogP contribution is 2.45. The Bertz CT molecular complexity index is 1730. The molecule has 0 aliphatic heterocycles. The molecule has 0 aliphatic carbocycles. The zero-order valence-corrected chi connectivity index (χ0v) is 59.0. The summed E-state index contributed by atoms with van der Waals surface area (Å²) >= 11 is 0. The lowest BCUT2D eigenvalue weighted by Crippen LogP contribution is -2.30. The standard InChI is InChI=1S/C69H134O17P2/c1-8-9-10-11-12-13-22-29-36-43-50-66(71)79-56-65(86-69(74)53-46-39-32-25-18-21-28-35-42-49-62(6)7)59-84-88(77,78)82-55-63(70)54-81-87(75,76)83-58-64(57-80-67(72)51-44-37-30-24-17-20-27-34-41-48-61(4)5)85-68(73)52-45-38-31-23-16-14-15-19-26-33-40-47-60(2)3/h60-65,70H,8-59H2,1-7H3,(H,75,76)(H,77,78)/t63-,64-,65-/m1/s1. The molecule has 0 amide bonds. The molecule has 0 spiro atoms. The second kappa shape index (κ2) is 60.0. The van der Waals surface area contributed by atoms with Crippen molar-refractivity contribution in [3.05, 3.63) is 0 Å². The third-order valence-electron chi connectivity index (χ3n) is 15.9. The molecule has 0 aliphatic rings. The van der Waals surface area contributed by atoms with Crippen LogP contribution in [0.4, 0.5) is 0 Å². The van der Waals surface area contributed by atoms with Crippen LogP contribution in [0.25, 0.3) is 0 Å². The first-order valence-electron chi connectivity index (χ1n) is 35.8. The van der Waals surface area contributed by atoms with Gasteiger partial charge in [0.2, 0.25) is 0 Å². The first kappa shape index (κ1) is 86.1. The molecule has 522 valence electrons. The molecule has 0 saturated heterocycles. The Labute approximate surface area is 537 Å². The van der Waals surface area contributed by atoms with Crippen LogP contribution in [0.15, 0.2) is 0 Å². The fourth-order valence-corrected chi connectivity index (χ4v) is 11.9. The van der Waals surface area contributed by atoms with Crippen molar-refractivity contribution in [1.29, 1.82) is 0 Å². The minimum atomic E-state index is -4.95. The maximum absolute atomic E-state index is 13.0. The van der Waals surface area contributed by atoms with Crippen molar-refractivity contribution >= 4 is 39.5 Å². The molecule has 0 aromatic carbocycles. The number of esters is 4. The fraction of sp³-hybridized carbons (Fsp3) is 0.942. The molecular weight excluding hydrogens is 1160 g/mol. The van der Waals surface area contributed by atoms with E-state index in [1.807, 2.05) is 0 Å². The number of hydrogen-bond donors (Lipinski definition) is 3. The molecule has 19 heteroatoms. The number of ether oxygens (including phenoxy) is 4. The van der Waals surface area contributed by atoms with Crippen molar-refractivity contribution in [3.8, 4) is 0 Å². The largest absolute Gasteiger partial charge is 0.472 e. The number of unbranched alkanes of at least 4 members (excludes halogenated alkanes) is 35. The number of phosphoric ester groups is 2. The Hall–Kier alpha value is -1.94. The van der Waals surface area contributed by atoms with E-state index >= 15 is 0 Å². The predicted octanol–water partition coefficient (Wildman–Crippen LogP) is 19.5. The second-order valence-corrected chi connectivity index (χ2v) is 29.3. The number of aliphatic hydroxyl groups excluding tert-OH is 1. The van der Waals surface area contributed by atoms with E-state index in [1.165, 1.54) is 154 Å².